The van der Waals surface area contributed by atoms with Crippen molar-refractivity contribution in [2.24, 2.45) is 5.10 Å². The minimum Gasteiger partial charge on any atom is -0.272 e. The summed E-state index contributed by atoms with van der Waals surface area (Å²) < 4.78 is 1.53. The first-order valence-corrected chi connectivity index (χ1v) is 11.1. The van der Waals surface area contributed by atoms with E-state index in [0.717, 1.165) is 10.1 Å². The normalized spacial score (nSPS) is 10.9. The van der Waals surface area contributed by atoms with Crippen LogP contribution in [0.5, 0.6) is 0 Å². The number of nitro groups is 1. The largest absolute Gasteiger partial charge is 0.278 e. The summed E-state index contributed by atoms with van der Waals surface area (Å²) in [5, 5.41) is 22.9. The molecule has 0 radical (unpaired) electrons. The molecule has 1 aromatic heterocycles. The Hall–Kier alpha value is -2.76. The molecule has 0 saturated carbocycles. The monoisotopic (exact) mass is 445 g/mol. The molecular formula is C18H15N5O3S3. The van der Waals surface area contributed by atoms with Crippen molar-refractivity contribution in [3.63, 3.8) is 0 Å². The lowest BCUT2D eigenvalue weighted by atomic mass is 10.2. The van der Waals surface area contributed by atoms with Crippen LogP contribution in [-0.4, -0.2) is 33.0 Å². The average molecular weight is 446 g/mol. The van der Waals surface area contributed by atoms with E-state index in [9.17, 15) is 14.9 Å². The lowest BCUT2D eigenvalue weighted by Gasteiger charge is -1.98. The summed E-state index contributed by atoms with van der Waals surface area (Å²) in [5.41, 5.74) is 3.81. The Labute approximate surface area is 179 Å². The van der Waals surface area contributed by atoms with Crippen molar-refractivity contribution in [3.05, 3.63) is 75.8 Å². The van der Waals surface area contributed by atoms with Crippen LogP contribution >= 0.6 is 34.9 Å². The Kier molecular flexibility index (Phi) is 7.73. The Morgan fingerprint density at radius 3 is 2.55 bits per heavy atom. The summed E-state index contributed by atoms with van der Waals surface area (Å²) in [6.45, 7) is 0. The summed E-state index contributed by atoms with van der Waals surface area (Å²) in [5.74, 6) is 0.589. The minimum absolute atomic E-state index is 0.0748. The van der Waals surface area contributed by atoms with E-state index in [4.69, 9.17) is 0 Å². The molecule has 0 aliphatic heterocycles. The predicted molar refractivity (Wildman–Crippen MR) is 115 cm³/mol. The molecule has 8 nitrogen and oxygen atoms in total. The van der Waals surface area contributed by atoms with Gasteiger partial charge in [0.1, 0.15) is 0 Å². The number of hydrazone groups is 1. The summed E-state index contributed by atoms with van der Waals surface area (Å²) >= 11 is 4.29. The van der Waals surface area contributed by atoms with Crippen molar-refractivity contribution in [3.8, 4) is 0 Å². The van der Waals surface area contributed by atoms with Gasteiger partial charge in [-0.2, -0.15) is 5.10 Å². The number of para-hydroxylation sites is 1. The second-order valence-corrected chi connectivity index (χ2v) is 8.93. The topological polar surface area (TPSA) is 110 Å². The summed E-state index contributed by atoms with van der Waals surface area (Å²) in [4.78, 5) is 22.4. The first kappa shape index (κ1) is 21.0. The van der Waals surface area contributed by atoms with Crippen LogP contribution in [0.3, 0.4) is 0 Å². The SMILES string of the molecule is O=C(CSc1nnc(SCc2ccccc2)s1)N/N=C/c1ccccc1[N+](=O)[O-]. The zero-order valence-electron chi connectivity index (χ0n) is 14.9. The van der Waals surface area contributed by atoms with Gasteiger partial charge in [-0.25, -0.2) is 5.43 Å². The highest BCUT2D eigenvalue weighted by Gasteiger charge is 2.11. The van der Waals surface area contributed by atoms with Crippen molar-refractivity contribution in [2.45, 2.75) is 14.4 Å². The molecule has 0 aliphatic rings. The van der Waals surface area contributed by atoms with Gasteiger partial charge >= 0.3 is 0 Å². The number of aromatic nitrogens is 2. The molecule has 0 unspecified atom stereocenters. The molecule has 0 aliphatic carbocycles. The molecule has 0 spiro atoms. The maximum atomic E-state index is 11.9. The van der Waals surface area contributed by atoms with Gasteiger partial charge in [0.15, 0.2) is 8.68 Å². The first-order valence-electron chi connectivity index (χ1n) is 8.30. The van der Waals surface area contributed by atoms with Gasteiger partial charge in [-0.1, -0.05) is 77.3 Å². The zero-order chi connectivity index (χ0) is 20.5. The van der Waals surface area contributed by atoms with Crippen LogP contribution in [0.15, 0.2) is 68.4 Å². The zero-order valence-corrected chi connectivity index (χ0v) is 17.4. The quantitative estimate of drug-likeness (QED) is 0.229. The standard InChI is InChI=1S/C18H15N5O3S3/c24-16(20-19-10-14-8-4-5-9-15(14)23(25)26)12-28-18-22-21-17(29-18)27-11-13-6-2-1-3-7-13/h1-10H,11-12H2,(H,20,24)/b19-10+. The number of thioether (sulfide) groups is 2. The fourth-order valence-electron chi connectivity index (χ4n) is 2.13. The number of hydrogen-bond acceptors (Lipinski definition) is 9. The second-order valence-electron chi connectivity index (χ2n) is 5.51. The lowest BCUT2D eigenvalue weighted by molar-refractivity contribution is -0.385. The molecule has 3 aromatic rings. The molecule has 1 N–H and O–H groups in total. The Bertz CT molecular complexity index is 1010. The minimum atomic E-state index is -0.498. The molecule has 1 amide bonds. The molecule has 0 saturated heterocycles. The van der Waals surface area contributed by atoms with E-state index in [2.05, 4.69) is 32.9 Å². The molecule has 3 rings (SSSR count). The van der Waals surface area contributed by atoms with Crippen molar-refractivity contribution < 1.29 is 9.72 Å². The highest BCUT2D eigenvalue weighted by atomic mass is 32.2. The summed E-state index contributed by atoms with van der Waals surface area (Å²) in [7, 11) is 0. The van der Waals surface area contributed by atoms with E-state index in [1.807, 2.05) is 18.2 Å². The van der Waals surface area contributed by atoms with Crippen LogP contribution in [-0.2, 0) is 10.5 Å². The van der Waals surface area contributed by atoms with E-state index < -0.39 is 4.92 Å². The van der Waals surface area contributed by atoms with Crippen LogP contribution in [0.4, 0.5) is 5.69 Å². The third-order valence-electron chi connectivity index (χ3n) is 3.45. The van der Waals surface area contributed by atoms with Crippen molar-refractivity contribution in [1.82, 2.24) is 15.6 Å². The molecule has 29 heavy (non-hydrogen) atoms. The predicted octanol–water partition coefficient (Wildman–Crippen LogP) is 3.98. The molecule has 1 heterocycles. The van der Waals surface area contributed by atoms with E-state index in [0.29, 0.717) is 9.90 Å². The molecule has 0 fully saturated rings. The van der Waals surface area contributed by atoms with Gasteiger partial charge in [0.25, 0.3) is 11.6 Å². The number of benzene rings is 2. The number of carbonyl (C=O) groups excluding carboxylic acids is 1. The second kappa shape index (κ2) is 10.7. The average Bonchev–Trinajstić information content (AvgIpc) is 3.20. The Morgan fingerprint density at radius 1 is 1.10 bits per heavy atom. The van der Waals surface area contributed by atoms with E-state index >= 15 is 0 Å². The van der Waals surface area contributed by atoms with Crippen LogP contribution in [0.2, 0.25) is 0 Å². The number of rotatable bonds is 9. The number of amides is 1. The molecular weight excluding hydrogens is 430 g/mol. The van der Waals surface area contributed by atoms with E-state index in [1.54, 1.807) is 30.0 Å². The number of nitro benzene ring substituents is 1. The van der Waals surface area contributed by atoms with Crippen LogP contribution in [0.25, 0.3) is 0 Å². The first-order chi connectivity index (χ1) is 14.1. The Balaban J connectivity index is 1.44. The van der Waals surface area contributed by atoms with Gasteiger partial charge < -0.3 is 0 Å². The third kappa shape index (κ3) is 6.66. The third-order valence-corrected chi connectivity index (χ3v) is 6.71. The van der Waals surface area contributed by atoms with Gasteiger partial charge in [0, 0.05) is 11.8 Å². The van der Waals surface area contributed by atoms with Gasteiger partial charge in [0.05, 0.1) is 22.5 Å². The van der Waals surface area contributed by atoms with Gasteiger partial charge in [-0.3, -0.25) is 14.9 Å². The summed E-state index contributed by atoms with van der Waals surface area (Å²) in [6.07, 6.45) is 1.25. The number of hydrogen-bond donors (Lipinski definition) is 1. The molecule has 2 aromatic carbocycles. The van der Waals surface area contributed by atoms with Gasteiger partial charge in [-0.15, -0.1) is 10.2 Å². The molecule has 0 bridgehead atoms. The lowest BCUT2D eigenvalue weighted by Crippen LogP contribution is -2.19. The molecule has 11 heteroatoms. The fraction of sp³-hybridized carbons (Fsp3) is 0.111. The maximum Gasteiger partial charge on any atom is 0.278 e. The molecule has 148 valence electrons. The van der Waals surface area contributed by atoms with Crippen molar-refractivity contribution in [2.75, 3.05) is 5.75 Å². The van der Waals surface area contributed by atoms with Gasteiger partial charge in [0.2, 0.25) is 0 Å². The van der Waals surface area contributed by atoms with Crippen LogP contribution < -0.4 is 5.43 Å². The molecule has 0 atom stereocenters. The van der Waals surface area contributed by atoms with Crippen LogP contribution in [0, 0.1) is 10.1 Å². The summed E-state index contributed by atoms with van der Waals surface area (Å²) in [6, 6.07) is 16.2. The van der Waals surface area contributed by atoms with E-state index in [-0.39, 0.29) is 17.3 Å². The smallest absolute Gasteiger partial charge is 0.272 e. The van der Waals surface area contributed by atoms with Crippen molar-refractivity contribution in [1.29, 1.82) is 0 Å². The maximum absolute atomic E-state index is 11.9. The Morgan fingerprint density at radius 2 is 1.79 bits per heavy atom. The van der Waals surface area contributed by atoms with E-state index in [1.165, 1.54) is 40.9 Å². The number of carbonyl (C=O) groups is 1. The number of nitrogens with one attached hydrogen (secondary N) is 1. The van der Waals surface area contributed by atoms with Crippen molar-refractivity contribution >= 4 is 52.7 Å². The highest BCUT2D eigenvalue weighted by Crippen LogP contribution is 2.30. The van der Waals surface area contributed by atoms with Gasteiger partial charge in [-0.05, 0) is 11.6 Å². The van der Waals surface area contributed by atoms with Crippen LogP contribution in [0.1, 0.15) is 11.1 Å². The highest BCUT2D eigenvalue weighted by molar-refractivity contribution is 8.03. The fourth-order valence-corrected chi connectivity index (χ4v) is 4.90. The number of nitrogens with zero attached hydrogens (tertiary/aromatic N) is 4.